The SMILES string of the molecule is CC1=C(C(=O)NCc2cccc(OC(F)(F)F)c2)C(c2ccc(Cl)c(Cl)c2)n2nc(C(F)(F)F)cc2N1. The number of hydrogen-bond donors (Lipinski definition) is 2. The molecule has 2 aromatic carbocycles. The van der Waals surface area contributed by atoms with E-state index in [-0.39, 0.29) is 33.7 Å². The average Bonchev–Trinajstić information content (AvgIpc) is 3.22. The molecule has 37 heavy (non-hydrogen) atoms. The Morgan fingerprint density at radius 1 is 1.08 bits per heavy atom. The minimum absolute atomic E-state index is 0.00514. The Labute approximate surface area is 215 Å². The summed E-state index contributed by atoms with van der Waals surface area (Å²) in [7, 11) is 0. The molecule has 0 aliphatic carbocycles. The number of carbonyl (C=O) groups excluding carboxylic acids is 1. The van der Waals surface area contributed by atoms with Gasteiger partial charge in [-0.3, -0.25) is 4.79 Å². The van der Waals surface area contributed by atoms with Crippen molar-refractivity contribution in [2.75, 3.05) is 5.32 Å². The van der Waals surface area contributed by atoms with Gasteiger partial charge in [0.05, 0.1) is 15.6 Å². The molecule has 1 aliphatic rings. The number of ether oxygens (including phenoxy) is 1. The van der Waals surface area contributed by atoms with Crippen molar-refractivity contribution in [2.24, 2.45) is 0 Å². The summed E-state index contributed by atoms with van der Waals surface area (Å²) in [6.07, 6.45) is -9.63. The van der Waals surface area contributed by atoms with Crippen LogP contribution in [0.5, 0.6) is 5.75 Å². The van der Waals surface area contributed by atoms with E-state index in [9.17, 15) is 31.1 Å². The van der Waals surface area contributed by atoms with Gasteiger partial charge in [0.1, 0.15) is 17.6 Å². The van der Waals surface area contributed by atoms with E-state index in [4.69, 9.17) is 23.2 Å². The molecule has 1 unspecified atom stereocenters. The molecular formula is C23H16Cl2F6N4O2. The zero-order chi connectivity index (χ0) is 27.1. The van der Waals surface area contributed by atoms with Gasteiger partial charge in [-0.05, 0) is 42.3 Å². The van der Waals surface area contributed by atoms with Crippen LogP contribution in [0.15, 0.2) is 59.8 Å². The Bertz CT molecular complexity index is 1380. The van der Waals surface area contributed by atoms with Crippen LogP contribution in [0.3, 0.4) is 0 Å². The van der Waals surface area contributed by atoms with Crippen LogP contribution < -0.4 is 15.4 Å². The zero-order valence-corrected chi connectivity index (χ0v) is 20.1. The summed E-state index contributed by atoms with van der Waals surface area (Å²) in [5.41, 5.74) is -0.286. The number of halogens is 8. The van der Waals surface area contributed by atoms with Gasteiger partial charge in [0, 0.05) is 18.3 Å². The van der Waals surface area contributed by atoms with Crippen molar-refractivity contribution >= 4 is 34.9 Å². The molecule has 2 heterocycles. The second-order valence-electron chi connectivity index (χ2n) is 7.97. The molecule has 0 spiro atoms. The summed E-state index contributed by atoms with van der Waals surface area (Å²) < 4.78 is 82.7. The zero-order valence-electron chi connectivity index (χ0n) is 18.6. The second kappa shape index (κ2) is 9.82. The predicted octanol–water partition coefficient (Wildman–Crippen LogP) is 6.71. The maximum absolute atomic E-state index is 13.4. The molecule has 14 heteroatoms. The highest BCUT2D eigenvalue weighted by Crippen LogP contribution is 2.40. The lowest BCUT2D eigenvalue weighted by Crippen LogP contribution is -2.34. The summed E-state index contributed by atoms with van der Waals surface area (Å²) in [4.78, 5) is 13.3. The third-order valence-corrected chi connectivity index (χ3v) is 6.09. The molecular weight excluding hydrogens is 549 g/mol. The molecule has 0 bridgehead atoms. The Morgan fingerprint density at radius 2 is 1.81 bits per heavy atom. The van der Waals surface area contributed by atoms with Crippen LogP contribution in [-0.2, 0) is 17.5 Å². The molecule has 196 valence electrons. The number of fused-ring (bicyclic) bond motifs is 1. The topological polar surface area (TPSA) is 68.2 Å². The number of rotatable bonds is 5. The van der Waals surface area contributed by atoms with E-state index in [0.29, 0.717) is 11.1 Å². The number of nitrogens with one attached hydrogen (secondary N) is 2. The van der Waals surface area contributed by atoms with Crippen LogP contribution in [0.2, 0.25) is 10.0 Å². The van der Waals surface area contributed by atoms with Gasteiger partial charge >= 0.3 is 12.5 Å². The monoisotopic (exact) mass is 564 g/mol. The lowest BCUT2D eigenvalue weighted by molar-refractivity contribution is -0.274. The maximum atomic E-state index is 13.4. The highest BCUT2D eigenvalue weighted by atomic mass is 35.5. The van der Waals surface area contributed by atoms with Crippen LogP contribution in [0.25, 0.3) is 0 Å². The van der Waals surface area contributed by atoms with Crippen LogP contribution in [0.1, 0.15) is 29.8 Å². The fraction of sp³-hybridized carbons (Fsp3) is 0.217. The molecule has 4 rings (SSSR count). The summed E-state index contributed by atoms with van der Waals surface area (Å²) in [6.45, 7) is 1.31. The van der Waals surface area contributed by atoms with E-state index in [1.807, 2.05) is 0 Å². The third-order valence-electron chi connectivity index (χ3n) is 5.35. The second-order valence-corrected chi connectivity index (χ2v) is 8.79. The van der Waals surface area contributed by atoms with E-state index >= 15 is 0 Å². The first-order valence-corrected chi connectivity index (χ1v) is 11.2. The molecule has 2 N–H and O–H groups in total. The third kappa shape index (κ3) is 5.96. The van der Waals surface area contributed by atoms with Crippen molar-refractivity contribution in [3.63, 3.8) is 0 Å². The molecule has 0 fully saturated rings. The van der Waals surface area contributed by atoms with Crippen molar-refractivity contribution in [3.8, 4) is 5.75 Å². The summed E-state index contributed by atoms with van der Waals surface area (Å²) in [5, 5.41) is 9.33. The lowest BCUT2D eigenvalue weighted by Gasteiger charge is -2.30. The van der Waals surface area contributed by atoms with Crippen molar-refractivity contribution in [2.45, 2.75) is 32.0 Å². The Hall–Kier alpha value is -3.38. The van der Waals surface area contributed by atoms with Crippen molar-refractivity contribution in [3.05, 3.63) is 86.7 Å². The first-order chi connectivity index (χ1) is 17.2. The van der Waals surface area contributed by atoms with Gasteiger partial charge in [-0.1, -0.05) is 41.4 Å². The fourth-order valence-corrected chi connectivity index (χ4v) is 4.13. The molecule has 3 aromatic rings. The minimum Gasteiger partial charge on any atom is -0.406 e. The Balaban J connectivity index is 1.67. The highest BCUT2D eigenvalue weighted by Gasteiger charge is 2.39. The number of hydrogen-bond acceptors (Lipinski definition) is 4. The summed E-state index contributed by atoms with van der Waals surface area (Å²) in [6, 6.07) is 9.05. The first-order valence-electron chi connectivity index (χ1n) is 10.5. The van der Waals surface area contributed by atoms with E-state index in [1.165, 1.54) is 37.3 Å². The number of benzene rings is 2. The summed E-state index contributed by atoms with van der Waals surface area (Å²) >= 11 is 12.1. The van der Waals surface area contributed by atoms with Crippen molar-refractivity contribution in [1.82, 2.24) is 15.1 Å². The summed E-state index contributed by atoms with van der Waals surface area (Å²) in [5.74, 6) is -1.17. The number of carbonyl (C=O) groups is 1. The van der Waals surface area contributed by atoms with Gasteiger partial charge in [-0.2, -0.15) is 18.3 Å². The van der Waals surface area contributed by atoms with Gasteiger partial charge in [-0.15, -0.1) is 13.2 Å². The number of alkyl halides is 6. The number of aromatic nitrogens is 2. The largest absolute Gasteiger partial charge is 0.573 e. The van der Waals surface area contributed by atoms with Crippen LogP contribution in [-0.4, -0.2) is 22.1 Å². The average molecular weight is 565 g/mol. The van der Waals surface area contributed by atoms with Gasteiger partial charge in [0.2, 0.25) is 0 Å². The molecule has 1 aliphatic heterocycles. The highest BCUT2D eigenvalue weighted by molar-refractivity contribution is 6.42. The number of allylic oxidation sites excluding steroid dienone is 1. The fourth-order valence-electron chi connectivity index (χ4n) is 3.82. The Morgan fingerprint density at radius 3 is 2.46 bits per heavy atom. The Kier molecular flexibility index (Phi) is 7.08. The smallest absolute Gasteiger partial charge is 0.406 e. The van der Waals surface area contributed by atoms with Crippen LogP contribution in [0.4, 0.5) is 32.2 Å². The molecule has 6 nitrogen and oxygen atoms in total. The van der Waals surface area contributed by atoms with E-state index in [1.54, 1.807) is 0 Å². The number of anilines is 1. The van der Waals surface area contributed by atoms with E-state index < -0.39 is 35.9 Å². The van der Waals surface area contributed by atoms with E-state index in [0.717, 1.165) is 22.9 Å². The molecule has 0 saturated carbocycles. The maximum Gasteiger partial charge on any atom is 0.573 e. The number of nitrogens with zero attached hydrogens (tertiary/aromatic N) is 2. The van der Waals surface area contributed by atoms with Gasteiger partial charge in [0.25, 0.3) is 5.91 Å². The van der Waals surface area contributed by atoms with Crippen LogP contribution in [0, 0.1) is 0 Å². The first kappa shape index (κ1) is 26.7. The predicted molar refractivity (Wildman–Crippen MR) is 123 cm³/mol. The molecule has 1 atom stereocenters. The van der Waals surface area contributed by atoms with E-state index in [2.05, 4.69) is 20.5 Å². The van der Waals surface area contributed by atoms with Gasteiger partial charge in [-0.25, -0.2) is 4.68 Å². The van der Waals surface area contributed by atoms with Gasteiger partial charge < -0.3 is 15.4 Å². The van der Waals surface area contributed by atoms with Crippen LogP contribution >= 0.6 is 23.2 Å². The molecule has 0 saturated heterocycles. The molecule has 1 amide bonds. The minimum atomic E-state index is -4.89. The molecule has 0 radical (unpaired) electrons. The number of amides is 1. The molecule has 1 aromatic heterocycles. The van der Waals surface area contributed by atoms with Crippen molar-refractivity contribution in [1.29, 1.82) is 0 Å². The van der Waals surface area contributed by atoms with Crippen molar-refractivity contribution < 1.29 is 35.9 Å². The standard InChI is InChI=1S/C23H16Cl2F6N4O2/c1-11-19(21(36)32-10-12-3-2-4-14(7-12)37-23(29,30)31)20(13-5-6-15(24)16(25)8-13)35-18(33-11)9-17(34-35)22(26,27)28/h2-9,20,33H,10H2,1H3,(H,32,36). The lowest BCUT2D eigenvalue weighted by atomic mass is 9.94. The van der Waals surface area contributed by atoms with Gasteiger partial charge in [0.15, 0.2) is 5.69 Å². The quantitative estimate of drug-likeness (QED) is 0.338. The normalized spacial score (nSPS) is 15.8.